The summed E-state index contributed by atoms with van der Waals surface area (Å²) in [4.78, 5) is 10.4. The van der Waals surface area contributed by atoms with Gasteiger partial charge in [-0.25, -0.2) is 0 Å². The van der Waals surface area contributed by atoms with Gasteiger partial charge in [-0.3, -0.25) is 10.1 Å². The lowest BCUT2D eigenvalue weighted by atomic mass is 10.1. The van der Waals surface area contributed by atoms with Gasteiger partial charge in [-0.1, -0.05) is 23.7 Å². The largest absolute Gasteiger partial charge is 0.310 e. The summed E-state index contributed by atoms with van der Waals surface area (Å²) in [6, 6.07) is 7.61. The van der Waals surface area contributed by atoms with Crippen LogP contribution < -0.4 is 5.32 Å². The molecule has 1 aromatic rings. The van der Waals surface area contributed by atoms with E-state index in [4.69, 9.17) is 11.6 Å². The first-order chi connectivity index (χ1) is 7.92. The van der Waals surface area contributed by atoms with E-state index in [0.717, 1.165) is 18.0 Å². The number of benzene rings is 1. The van der Waals surface area contributed by atoms with E-state index in [2.05, 4.69) is 5.32 Å². The molecule has 0 atom stereocenters. The van der Waals surface area contributed by atoms with Crippen LogP contribution in [0.5, 0.6) is 0 Å². The summed E-state index contributed by atoms with van der Waals surface area (Å²) < 4.78 is 0. The molecule has 0 unspecified atom stereocenters. The predicted molar refractivity (Wildman–Crippen MR) is 69.1 cm³/mol. The number of rotatable bonds is 6. The van der Waals surface area contributed by atoms with Gasteiger partial charge >= 0.3 is 0 Å². The molecule has 0 radical (unpaired) electrons. The van der Waals surface area contributed by atoms with Crippen LogP contribution in [0.15, 0.2) is 24.3 Å². The average molecular weight is 257 g/mol. The van der Waals surface area contributed by atoms with Crippen molar-refractivity contribution in [2.75, 3.05) is 13.1 Å². The first-order valence-electron chi connectivity index (χ1n) is 5.51. The van der Waals surface area contributed by atoms with Crippen LogP contribution in [-0.4, -0.2) is 23.6 Å². The first-order valence-corrected chi connectivity index (χ1v) is 5.89. The lowest BCUT2D eigenvalue weighted by molar-refractivity contribution is -0.558. The summed E-state index contributed by atoms with van der Waals surface area (Å²) in [7, 11) is 0. The molecule has 1 aromatic carbocycles. The molecule has 17 heavy (non-hydrogen) atoms. The summed E-state index contributed by atoms with van der Waals surface area (Å²) >= 11 is 5.78. The second-order valence-corrected chi connectivity index (χ2v) is 5.06. The number of nitrogens with zero attached hydrogens (tertiary/aromatic N) is 1. The molecular weight excluding hydrogens is 240 g/mol. The van der Waals surface area contributed by atoms with Gasteiger partial charge in [0.15, 0.2) is 0 Å². The van der Waals surface area contributed by atoms with Gasteiger partial charge in [0, 0.05) is 23.8 Å². The van der Waals surface area contributed by atoms with Crippen LogP contribution in [0.3, 0.4) is 0 Å². The lowest BCUT2D eigenvalue weighted by Gasteiger charge is -2.16. The zero-order valence-electron chi connectivity index (χ0n) is 10.1. The van der Waals surface area contributed by atoms with Crippen molar-refractivity contribution in [1.29, 1.82) is 0 Å². The quantitative estimate of drug-likeness (QED) is 0.483. The van der Waals surface area contributed by atoms with Gasteiger partial charge < -0.3 is 5.32 Å². The molecule has 1 N–H and O–H groups in total. The molecule has 0 aromatic heterocycles. The second kappa shape index (κ2) is 5.98. The fourth-order valence-electron chi connectivity index (χ4n) is 1.34. The standard InChI is InChI=1S/C12H17ClN2O2/c1-12(2,15(16)17)9-14-8-7-10-3-5-11(13)6-4-10/h3-6,14H,7-9H2,1-2H3. The Hall–Kier alpha value is -1.13. The Balaban J connectivity index is 2.29. The highest BCUT2D eigenvalue weighted by Gasteiger charge is 2.29. The summed E-state index contributed by atoms with van der Waals surface area (Å²) in [5.41, 5.74) is 0.251. The molecule has 0 heterocycles. The van der Waals surface area contributed by atoms with E-state index in [1.807, 2.05) is 24.3 Å². The van der Waals surface area contributed by atoms with Crippen LogP contribution in [0.25, 0.3) is 0 Å². The number of hydrogen-bond donors (Lipinski definition) is 1. The van der Waals surface area contributed by atoms with Crippen LogP contribution in [-0.2, 0) is 6.42 Å². The molecule has 0 aliphatic carbocycles. The predicted octanol–water partition coefficient (Wildman–Crippen LogP) is 2.53. The molecule has 1 rings (SSSR count). The Morgan fingerprint density at radius 2 is 1.94 bits per heavy atom. The zero-order valence-corrected chi connectivity index (χ0v) is 10.8. The lowest BCUT2D eigenvalue weighted by Crippen LogP contribution is -2.42. The van der Waals surface area contributed by atoms with Crippen molar-refractivity contribution in [1.82, 2.24) is 5.32 Å². The van der Waals surface area contributed by atoms with E-state index < -0.39 is 5.54 Å². The van der Waals surface area contributed by atoms with Gasteiger partial charge in [0.2, 0.25) is 5.54 Å². The van der Waals surface area contributed by atoms with Gasteiger partial charge in [-0.05, 0) is 30.7 Å². The molecule has 5 heteroatoms. The smallest absolute Gasteiger partial charge is 0.228 e. The van der Waals surface area contributed by atoms with Crippen molar-refractivity contribution in [3.63, 3.8) is 0 Å². The molecule has 0 bridgehead atoms. The van der Waals surface area contributed by atoms with Crippen molar-refractivity contribution >= 4 is 11.6 Å². The molecule has 0 fully saturated rings. The van der Waals surface area contributed by atoms with Gasteiger partial charge in [0.05, 0.1) is 6.54 Å². The Kier molecular flexibility index (Phi) is 4.90. The van der Waals surface area contributed by atoms with E-state index >= 15 is 0 Å². The Labute approximate surface area is 106 Å². The van der Waals surface area contributed by atoms with Crippen LogP contribution in [0.2, 0.25) is 5.02 Å². The molecule has 0 spiro atoms. The molecule has 4 nitrogen and oxygen atoms in total. The van der Waals surface area contributed by atoms with E-state index in [-0.39, 0.29) is 4.92 Å². The molecule has 0 aliphatic heterocycles. The van der Waals surface area contributed by atoms with Crippen LogP contribution in [0.1, 0.15) is 19.4 Å². The number of nitro groups is 1. The fraction of sp³-hybridized carbons (Fsp3) is 0.500. The third-order valence-corrected chi connectivity index (χ3v) is 2.81. The summed E-state index contributed by atoms with van der Waals surface area (Å²) in [5, 5.41) is 14.5. The Bertz CT molecular complexity index is 377. The Morgan fingerprint density at radius 1 is 1.35 bits per heavy atom. The average Bonchev–Trinajstić information content (AvgIpc) is 2.26. The van der Waals surface area contributed by atoms with Gasteiger partial charge in [0.25, 0.3) is 0 Å². The molecule has 0 amide bonds. The Morgan fingerprint density at radius 3 is 2.47 bits per heavy atom. The summed E-state index contributed by atoms with van der Waals surface area (Å²) in [5.74, 6) is 0. The minimum Gasteiger partial charge on any atom is -0.310 e. The van der Waals surface area contributed by atoms with E-state index in [1.165, 1.54) is 5.56 Å². The van der Waals surface area contributed by atoms with Crippen LogP contribution in [0.4, 0.5) is 0 Å². The van der Waals surface area contributed by atoms with Crippen LogP contribution >= 0.6 is 11.6 Å². The van der Waals surface area contributed by atoms with Crippen molar-refractivity contribution in [3.05, 3.63) is 45.0 Å². The van der Waals surface area contributed by atoms with Crippen molar-refractivity contribution in [2.24, 2.45) is 0 Å². The van der Waals surface area contributed by atoms with Crippen molar-refractivity contribution < 1.29 is 4.92 Å². The highest BCUT2D eigenvalue weighted by Crippen LogP contribution is 2.10. The maximum absolute atomic E-state index is 10.7. The number of hydrogen-bond acceptors (Lipinski definition) is 3. The third kappa shape index (κ3) is 4.71. The maximum Gasteiger partial charge on any atom is 0.228 e. The zero-order chi connectivity index (χ0) is 12.9. The van der Waals surface area contributed by atoms with Gasteiger partial charge in [0.1, 0.15) is 0 Å². The molecule has 94 valence electrons. The minimum absolute atomic E-state index is 0.262. The number of nitrogens with one attached hydrogen (secondary N) is 1. The third-order valence-electron chi connectivity index (χ3n) is 2.56. The summed E-state index contributed by atoms with van der Waals surface area (Å²) in [6.07, 6.45) is 0.838. The van der Waals surface area contributed by atoms with E-state index in [0.29, 0.717) is 6.54 Å². The van der Waals surface area contributed by atoms with E-state index in [9.17, 15) is 10.1 Å². The monoisotopic (exact) mass is 256 g/mol. The highest BCUT2D eigenvalue weighted by molar-refractivity contribution is 6.30. The minimum atomic E-state index is -0.917. The van der Waals surface area contributed by atoms with Crippen LogP contribution in [0, 0.1) is 10.1 Å². The fourth-order valence-corrected chi connectivity index (χ4v) is 1.47. The van der Waals surface area contributed by atoms with E-state index in [1.54, 1.807) is 13.8 Å². The SMILES string of the molecule is CC(C)(CNCCc1ccc(Cl)cc1)[N+](=O)[O-]. The second-order valence-electron chi connectivity index (χ2n) is 4.62. The maximum atomic E-state index is 10.7. The summed E-state index contributed by atoms with van der Waals surface area (Å²) in [6.45, 7) is 4.32. The molecular formula is C12H17ClN2O2. The molecule has 0 saturated carbocycles. The normalized spacial score (nSPS) is 11.5. The highest BCUT2D eigenvalue weighted by atomic mass is 35.5. The molecule has 0 saturated heterocycles. The van der Waals surface area contributed by atoms with Gasteiger partial charge in [-0.2, -0.15) is 0 Å². The first kappa shape index (κ1) is 13.9. The number of halogens is 1. The van der Waals surface area contributed by atoms with Gasteiger partial charge in [-0.15, -0.1) is 0 Å². The van der Waals surface area contributed by atoms with Crippen molar-refractivity contribution in [2.45, 2.75) is 25.8 Å². The topological polar surface area (TPSA) is 55.2 Å². The van der Waals surface area contributed by atoms with Crippen molar-refractivity contribution in [3.8, 4) is 0 Å². The molecule has 0 aliphatic rings.